The second-order valence-corrected chi connectivity index (χ2v) is 7.92. The molecule has 1 saturated heterocycles. The van der Waals surface area contributed by atoms with E-state index in [0.29, 0.717) is 12.1 Å². The summed E-state index contributed by atoms with van der Waals surface area (Å²) in [5.41, 5.74) is 1.35. The van der Waals surface area contributed by atoms with Gasteiger partial charge in [-0.15, -0.1) is 0 Å². The van der Waals surface area contributed by atoms with E-state index in [-0.39, 0.29) is 17.2 Å². The summed E-state index contributed by atoms with van der Waals surface area (Å²) in [6.45, 7) is 3.65. The van der Waals surface area contributed by atoms with Crippen LogP contribution in [-0.2, 0) is 4.79 Å². The summed E-state index contributed by atoms with van der Waals surface area (Å²) < 4.78 is 0. The largest absolute Gasteiger partial charge is 0.346 e. The van der Waals surface area contributed by atoms with Crippen LogP contribution in [-0.4, -0.2) is 57.5 Å². The minimum absolute atomic E-state index is 0.0539. The highest BCUT2D eigenvalue weighted by Crippen LogP contribution is 2.34. The lowest BCUT2D eigenvalue weighted by Gasteiger charge is -2.28. The van der Waals surface area contributed by atoms with E-state index in [2.05, 4.69) is 24.7 Å². The molecule has 1 atom stereocenters. The van der Waals surface area contributed by atoms with Gasteiger partial charge in [0, 0.05) is 23.3 Å². The molecule has 0 bridgehead atoms. The number of rotatable bonds is 5. The molecule has 2 amide bonds. The smallest absolute Gasteiger partial charge is 0.294 e. The first-order chi connectivity index (χ1) is 11.5. The van der Waals surface area contributed by atoms with E-state index < -0.39 is 0 Å². The van der Waals surface area contributed by atoms with E-state index >= 15 is 0 Å². The minimum Gasteiger partial charge on any atom is -0.346 e. The predicted octanol–water partition coefficient (Wildman–Crippen LogP) is -1.39. The van der Waals surface area contributed by atoms with Crippen molar-refractivity contribution in [2.75, 3.05) is 45.6 Å². The molecule has 0 spiro atoms. The molecule has 0 radical (unpaired) electrons. The van der Waals surface area contributed by atoms with Crippen LogP contribution in [0.2, 0.25) is 0 Å². The summed E-state index contributed by atoms with van der Waals surface area (Å²) in [5, 5.41) is 5.84. The van der Waals surface area contributed by atoms with Crippen LogP contribution in [0.4, 0.5) is 5.69 Å². The molecule has 0 aliphatic carbocycles. The third-order valence-corrected chi connectivity index (χ3v) is 5.90. The Morgan fingerprint density at radius 2 is 2.12 bits per heavy atom. The molecule has 4 N–H and O–H groups in total. The van der Waals surface area contributed by atoms with E-state index in [1.807, 2.05) is 12.1 Å². The topological polar surface area (TPSA) is 67.1 Å². The molecule has 1 fully saturated rings. The van der Waals surface area contributed by atoms with Crippen molar-refractivity contribution in [3.63, 3.8) is 0 Å². The molecular weight excluding hydrogens is 324 g/mol. The minimum atomic E-state index is -0.0920. The highest BCUT2D eigenvalue weighted by molar-refractivity contribution is 8.00. The highest BCUT2D eigenvalue weighted by Gasteiger charge is 2.37. The number of nitrogens with one attached hydrogen (secondary N) is 4. The van der Waals surface area contributed by atoms with Gasteiger partial charge >= 0.3 is 0 Å². The summed E-state index contributed by atoms with van der Waals surface area (Å²) in [6, 6.07) is 5.58. The monoisotopic (exact) mass is 350 g/mol. The average molecular weight is 350 g/mol. The van der Waals surface area contributed by atoms with Gasteiger partial charge in [0.1, 0.15) is 0 Å². The summed E-state index contributed by atoms with van der Waals surface area (Å²) in [4.78, 5) is 28.3. The summed E-state index contributed by atoms with van der Waals surface area (Å²) in [5.74, 6) is -0.0382. The van der Waals surface area contributed by atoms with E-state index in [0.717, 1.165) is 30.2 Å². The molecule has 7 heteroatoms. The molecule has 3 rings (SSSR count). The van der Waals surface area contributed by atoms with Crippen LogP contribution in [0.3, 0.4) is 0 Å². The third kappa shape index (κ3) is 3.91. The Balaban J connectivity index is 1.67. The van der Waals surface area contributed by atoms with Gasteiger partial charge in [-0.1, -0.05) is 11.8 Å². The van der Waals surface area contributed by atoms with Crippen molar-refractivity contribution < 1.29 is 19.4 Å². The predicted molar refractivity (Wildman–Crippen MR) is 94.7 cm³/mol. The fourth-order valence-electron chi connectivity index (χ4n) is 3.14. The second kappa shape index (κ2) is 7.55. The quantitative estimate of drug-likeness (QED) is 0.529. The van der Waals surface area contributed by atoms with Crippen LogP contribution in [0.1, 0.15) is 23.2 Å². The third-order valence-electron chi connectivity index (χ3n) is 4.51. The number of amides is 2. The number of carbonyl (C=O) groups excluding carboxylic acids is 2. The van der Waals surface area contributed by atoms with Crippen LogP contribution in [0.5, 0.6) is 0 Å². The van der Waals surface area contributed by atoms with Gasteiger partial charge in [0.25, 0.3) is 11.8 Å². The van der Waals surface area contributed by atoms with Crippen LogP contribution >= 0.6 is 11.8 Å². The molecule has 1 unspecified atom stereocenters. The number of carbonyl (C=O) groups is 2. The van der Waals surface area contributed by atoms with Crippen molar-refractivity contribution in [1.82, 2.24) is 5.32 Å². The van der Waals surface area contributed by atoms with Gasteiger partial charge in [0.2, 0.25) is 5.37 Å². The normalized spacial score (nSPS) is 20.8. The number of likely N-dealkylation sites (tertiary alicyclic amines) is 1. The maximum absolute atomic E-state index is 12.4. The van der Waals surface area contributed by atoms with E-state index in [1.54, 1.807) is 17.8 Å². The zero-order chi connectivity index (χ0) is 17.1. The Morgan fingerprint density at radius 3 is 2.83 bits per heavy atom. The standard InChI is InChI=1S/C17H24N4O2S/c1-20(2)10-7-18-15(22)12-5-6-14-13(11-12)19-16(23)17(24-14)21-8-3-4-9-21/h5-6,11,17H,3-4,7-10H2,1-2H3,(H,18,22)(H,19,23)/p+2. The Hall–Kier alpha value is -1.57. The number of benzene rings is 1. The molecule has 24 heavy (non-hydrogen) atoms. The molecule has 6 nitrogen and oxygen atoms in total. The van der Waals surface area contributed by atoms with E-state index in [9.17, 15) is 9.59 Å². The highest BCUT2D eigenvalue weighted by atomic mass is 32.2. The number of likely N-dealkylation sites (N-methyl/N-ethyl adjacent to an activating group) is 1. The van der Waals surface area contributed by atoms with Crippen molar-refractivity contribution in [2.24, 2.45) is 0 Å². The number of hydrogen-bond acceptors (Lipinski definition) is 3. The van der Waals surface area contributed by atoms with Gasteiger partial charge in [-0.2, -0.15) is 0 Å². The molecule has 2 heterocycles. The van der Waals surface area contributed by atoms with Gasteiger partial charge in [-0.05, 0) is 18.2 Å². The first kappa shape index (κ1) is 17.3. The number of anilines is 1. The summed E-state index contributed by atoms with van der Waals surface area (Å²) in [7, 11) is 4.10. The first-order valence-electron chi connectivity index (χ1n) is 8.58. The van der Waals surface area contributed by atoms with Gasteiger partial charge < -0.3 is 20.4 Å². The zero-order valence-corrected chi connectivity index (χ0v) is 15.1. The van der Waals surface area contributed by atoms with E-state index in [4.69, 9.17) is 0 Å². The SMILES string of the molecule is C[NH+](C)CCNC(=O)c1ccc2c(c1)NC(=O)C([NH+]1CCCC1)S2. The van der Waals surface area contributed by atoms with Crippen molar-refractivity contribution in [1.29, 1.82) is 0 Å². The van der Waals surface area contributed by atoms with Crippen LogP contribution in [0.15, 0.2) is 23.1 Å². The average Bonchev–Trinajstić information content (AvgIpc) is 3.07. The van der Waals surface area contributed by atoms with Gasteiger partial charge in [0.05, 0.1) is 46.0 Å². The molecule has 1 aromatic rings. The fourth-order valence-corrected chi connectivity index (χ4v) is 4.34. The van der Waals surface area contributed by atoms with Crippen molar-refractivity contribution in [3.8, 4) is 0 Å². The zero-order valence-electron chi connectivity index (χ0n) is 14.3. The Labute approximate surface area is 146 Å². The van der Waals surface area contributed by atoms with Crippen LogP contribution in [0.25, 0.3) is 0 Å². The number of quaternary nitrogens is 2. The number of thioether (sulfide) groups is 1. The van der Waals surface area contributed by atoms with Crippen molar-refractivity contribution in [3.05, 3.63) is 23.8 Å². The van der Waals surface area contributed by atoms with Crippen molar-refractivity contribution in [2.45, 2.75) is 23.1 Å². The maximum atomic E-state index is 12.4. The maximum Gasteiger partial charge on any atom is 0.294 e. The lowest BCUT2D eigenvalue weighted by molar-refractivity contribution is -0.888. The number of hydrogen-bond donors (Lipinski definition) is 4. The molecule has 0 saturated carbocycles. The van der Waals surface area contributed by atoms with Gasteiger partial charge in [0.15, 0.2) is 0 Å². The molecular formula is C17H26N4O2S+2. The Kier molecular flexibility index (Phi) is 5.43. The second-order valence-electron chi connectivity index (χ2n) is 6.78. The van der Waals surface area contributed by atoms with Crippen molar-refractivity contribution >= 4 is 29.3 Å². The Bertz CT molecular complexity index is 629. The molecule has 2 aliphatic rings. The molecule has 1 aromatic carbocycles. The summed E-state index contributed by atoms with van der Waals surface area (Å²) >= 11 is 1.62. The molecule has 0 aromatic heterocycles. The van der Waals surface area contributed by atoms with E-state index in [1.165, 1.54) is 22.6 Å². The lowest BCUT2D eigenvalue weighted by atomic mass is 10.2. The van der Waals surface area contributed by atoms with Gasteiger partial charge in [-0.25, -0.2) is 0 Å². The molecule has 130 valence electrons. The Morgan fingerprint density at radius 1 is 1.38 bits per heavy atom. The lowest BCUT2D eigenvalue weighted by Crippen LogP contribution is -3.14. The number of fused-ring (bicyclic) bond motifs is 1. The summed E-state index contributed by atoms with van der Waals surface area (Å²) in [6.07, 6.45) is 2.39. The first-order valence-corrected chi connectivity index (χ1v) is 9.46. The fraction of sp³-hybridized carbons (Fsp3) is 0.529. The van der Waals surface area contributed by atoms with Crippen LogP contribution in [0, 0.1) is 0 Å². The molecule has 2 aliphatic heterocycles. The van der Waals surface area contributed by atoms with Gasteiger partial charge in [-0.3, -0.25) is 9.59 Å². The van der Waals surface area contributed by atoms with Crippen LogP contribution < -0.4 is 20.4 Å².